The first kappa shape index (κ1) is 23.9. The number of rotatable bonds is 6. The molecule has 4 rings (SSSR count). The van der Waals surface area contributed by atoms with Gasteiger partial charge in [0.15, 0.2) is 0 Å². The fourth-order valence-electron chi connectivity index (χ4n) is 4.39. The molecule has 10 heteroatoms. The van der Waals surface area contributed by atoms with Crippen molar-refractivity contribution in [1.29, 1.82) is 0 Å². The molecule has 174 valence electrons. The third-order valence-corrected chi connectivity index (χ3v) is 7.77. The zero-order valence-corrected chi connectivity index (χ0v) is 19.6. The number of hydrogen-bond donors (Lipinski definition) is 2. The maximum Gasteiger partial charge on any atom is 0.488 e. The molecule has 0 radical (unpaired) electrons. The molecule has 2 N–H and O–H groups in total. The van der Waals surface area contributed by atoms with Crippen LogP contribution < -0.4 is 10.2 Å². The molecule has 2 aromatic carbocycles. The van der Waals surface area contributed by atoms with Crippen molar-refractivity contribution in [3.8, 4) is 5.75 Å². The number of carbonyl (C=O) groups excluding carboxylic acids is 1. The van der Waals surface area contributed by atoms with E-state index in [0.717, 1.165) is 55.6 Å². The second-order valence-electron chi connectivity index (χ2n) is 8.15. The van der Waals surface area contributed by atoms with E-state index in [1.165, 1.54) is 13.2 Å². The number of benzene rings is 2. The van der Waals surface area contributed by atoms with Gasteiger partial charge in [0.2, 0.25) is 0 Å². The van der Waals surface area contributed by atoms with Crippen molar-refractivity contribution in [2.45, 2.75) is 44.7 Å². The summed E-state index contributed by atoms with van der Waals surface area (Å²) in [5, 5.41) is 19.0. The Morgan fingerprint density at radius 1 is 1.18 bits per heavy atom. The van der Waals surface area contributed by atoms with Gasteiger partial charge < -0.3 is 19.7 Å². The minimum atomic E-state index is -1.67. The highest BCUT2D eigenvalue weighted by atomic mass is 35.5. The molecule has 0 aliphatic heterocycles. The van der Waals surface area contributed by atoms with Gasteiger partial charge in [-0.15, -0.1) is 11.3 Å². The summed E-state index contributed by atoms with van der Waals surface area (Å²) in [6.45, 7) is 0.128. The Morgan fingerprint density at radius 2 is 1.88 bits per heavy atom. The molecule has 1 saturated carbocycles. The lowest BCUT2D eigenvalue weighted by Gasteiger charge is -2.34. The van der Waals surface area contributed by atoms with E-state index in [-0.39, 0.29) is 38.0 Å². The predicted octanol–water partition coefficient (Wildman–Crippen LogP) is 4.50. The quantitative estimate of drug-likeness (QED) is 0.496. The van der Waals surface area contributed by atoms with Crippen molar-refractivity contribution < 1.29 is 28.4 Å². The predicted molar refractivity (Wildman–Crippen MR) is 126 cm³/mol. The minimum absolute atomic E-state index is 0.00919. The highest BCUT2D eigenvalue weighted by Gasteiger charge is 2.31. The van der Waals surface area contributed by atoms with Gasteiger partial charge >= 0.3 is 7.12 Å². The Bertz CT molecular complexity index is 1180. The zero-order chi connectivity index (χ0) is 23.7. The molecule has 1 aliphatic rings. The first-order chi connectivity index (χ1) is 15.8. The summed E-state index contributed by atoms with van der Waals surface area (Å²) in [6.07, 6.45) is 4.59. The highest BCUT2D eigenvalue weighted by molar-refractivity contribution is 7.21. The lowest BCUT2D eigenvalue weighted by molar-refractivity contribution is 0.0618. The van der Waals surface area contributed by atoms with E-state index in [2.05, 4.69) is 0 Å². The second-order valence-corrected chi connectivity index (χ2v) is 9.55. The third-order valence-electron chi connectivity index (χ3n) is 6.10. The zero-order valence-electron chi connectivity index (χ0n) is 18.0. The average molecular weight is 494 g/mol. The van der Waals surface area contributed by atoms with Crippen molar-refractivity contribution in [2.24, 2.45) is 0 Å². The minimum Gasteiger partial charge on any atom is -0.496 e. The topological polar surface area (TPSA) is 70.0 Å². The number of fused-ring (bicyclic) bond motifs is 1. The van der Waals surface area contributed by atoms with Crippen molar-refractivity contribution in [3.05, 3.63) is 57.4 Å². The lowest BCUT2D eigenvalue weighted by atomic mass is 9.79. The molecule has 1 amide bonds. The maximum absolute atomic E-state index is 14.4. The van der Waals surface area contributed by atoms with Gasteiger partial charge in [0.1, 0.15) is 22.3 Å². The molecule has 3 aromatic rings. The van der Waals surface area contributed by atoms with Gasteiger partial charge in [-0.1, -0.05) is 43.0 Å². The molecule has 0 spiro atoms. The van der Waals surface area contributed by atoms with Crippen molar-refractivity contribution in [3.63, 3.8) is 0 Å². The van der Waals surface area contributed by atoms with Crippen LogP contribution in [0.2, 0.25) is 5.02 Å². The molecule has 33 heavy (non-hydrogen) atoms. The SMILES string of the molecule is COc1ccc(B(O)O)cc1CN(C(=O)c1sc2c(F)ccc(F)c2c1Cl)C1CCCCC1. The lowest BCUT2D eigenvalue weighted by Crippen LogP contribution is -2.41. The number of nitrogens with zero attached hydrogens (tertiary/aromatic N) is 1. The number of carbonyl (C=O) groups is 1. The first-order valence-electron chi connectivity index (χ1n) is 10.7. The van der Waals surface area contributed by atoms with E-state index < -0.39 is 24.7 Å². The largest absolute Gasteiger partial charge is 0.496 e. The highest BCUT2D eigenvalue weighted by Crippen LogP contribution is 2.40. The molecular weight excluding hydrogens is 471 g/mol. The van der Waals surface area contributed by atoms with Crippen molar-refractivity contribution >= 4 is 51.5 Å². The number of thiophene rings is 1. The van der Waals surface area contributed by atoms with E-state index in [9.17, 15) is 23.6 Å². The van der Waals surface area contributed by atoms with Crippen LogP contribution >= 0.6 is 22.9 Å². The van der Waals surface area contributed by atoms with Crippen LogP contribution in [0, 0.1) is 11.6 Å². The van der Waals surface area contributed by atoms with Crippen LogP contribution in [0.1, 0.15) is 47.3 Å². The molecule has 1 fully saturated rings. The monoisotopic (exact) mass is 493 g/mol. The fourth-order valence-corrected chi connectivity index (χ4v) is 5.90. The summed E-state index contributed by atoms with van der Waals surface area (Å²) in [6, 6.07) is 6.67. The van der Waals surface area contributed by atoms with Gasteiger partial charge in [-0.2, -0.15) is 0 Å². The van der Waals surface area contributed by atoms with Crippen molar-refractivity contribution in [1.82, 2.24) is 4.90 Å². The number of hydrogen-bond acceptors (Lipinski definition) is 5. The first-order valence-corrected chi connectivity index (χ1v) is 11.9. The van der Waals surface area contributed by atoms with Gasteiger partial charge in [-0.05, 0) is 36.5 Å². The van der Waals surface area contributed by atoms with Gasteiger partial charge in [0, 0.05) is 18.2 Å². The summed E-state index contributed by atoms with van der Waals surface area (Å²) < 4.78 is 34.2. The van der Waals surface area contributed by atoms with E-state index in [1.807, 2.05) is 0 Å². The fraction of sp³-hybridized carbons (Fsp3) is 0.348. The Labute approximate surface area is 199 Å². The van der Waals surface area contributed by atoms with E-state index in [1.54, 1.807) is 17.0 Å². The van der Waals surface area contributed by atoms with Crippen LogP contribution in [0.3, 0.4) is 0 Å². The van der Waals surface area contributed by atoms with Crippen LogP contribution in [0.4, 0.5) is 8.78 Å². The average Bonchev–Trinajstić information content (AvgIpc) is 3.18. The Hall–Kier alpha value is -2.20. The van der Waals surface area contributed by atoms with E-state index >= 15 is 0 Å². The summed E-state index contributed by atoms with van der Waals surface area (Å²) >= 11 is 7.25. The van der Waals surface area contributed by atoms with Gasteiger partial charge in [-0.3, -0.25) is 4.79 Å². The number of amides is 1. The van der Waals surface area contributed by atoms with Crippen LogP contribution in [-0.4, -0.2) is 41.1 Å². The standard InChI is InChI=1S/C23H23BClF2NO4S/c1-32-18-10-7-14(24(30)31)11-13(18)12-28(15-5-3-2-4-6-15)23(29)22-20(25)19-16(26)8-9-17(27)21(19)33-22/h7-11,15,30-31H,2-6,12H2,1H3. The molecule has 0 saturated heterocycles. The van der Waals surface area contributed by atoms with Gasteiger partial charge in [0.05, 0.1) is 22.2 Å². The number of halogens is 3. The Balaban J connectivity index is 1.78. The molecule has 1 aromatic heterocycles. The molecule has 1 heterocycles. The molecule has 5 nitrogen and oxygen atoms in total. The van der Waals surface area contributed by atoms with Gasteiger partial charge in [0.25, 0.3) is 5.91 Å². The van der Waals surface area contributed by atoms with E-state index in [4.69, 9.17) is 16.3 Å². The molecule has 0 atom stereocenters. The normalized spacial score (nSPS) is 14.5. The van der Waals surface area contributed by atoms with Crippen LogP contribution in [0.15, 0.2) is 30.3 Å². The second kappa shape index (κ2) is 9.97. The number of ether oxygens (including phenoxy) is 1. The summed E-state index contributed by atoms with van der Waals surface area (Å²) in [5.74, 6) is -1.23. The molecular formula is C23H23BClF2NO4S. The van der Waals surface area contributed by atoms with Crippen molar-refractivity contribution in [2.75, 3.05) is 7.11 Å². The van der Waals surface area contributed by atoms with E-state index in [0.29, 0.717) is 11.3 Å². The Kier molecular flexibility index (Phi) is 7.23. The van der Waals surface area contributed by atoms with Crippen LogP contribution in [0.25, 0.3) is 10.1 Å². The molecule has 0 bridgehead atoms. The number of methoxy groups -OCH3 is 1. The van der Waals surface area contributed by atoms with Crippen LogP contribution in [-0.2, 0) is 6.54 Å². The third kappa shape index (κ3) is 4.73. The smallest absolute Gasteiger partial charge is 0.488 e. The van der Waals surface area contributed by atoms with Gasteiger partial charge in [-0.25, -0.2) is 8.78 Å². The van der Waals surface area contributed by atoms with Crippen LogP contribution in [0.5, 0.6) is 5.75 Å². The molecule has 0 unspecified atom stereocenters. The molecule has 1 aliphatic carbocycles. The Morgan fingerprint density at radius 3 is 2.52 bits per heavy atom. The summed E-state index contributed by atoms with van der Waals surface area (Å²) in [7, 11) is -0.175. The summed E-state index contributed by atoms with van der Waals surface area (Å²) in [4.78, 5) is 15.5. The maximum atomic E-state index is 14.4. The summed E-state index contributed by atoms with van der Waals surface area (Å²) in [5.41, 5.74) is 0.863.